The normalized spacial score (nSPS) is 17.6. The van der Waals surface area contributed by atoms with Gasteiger partial charge in [0.15, 0.2) is 4.77 Å². The molecule has 2 aromatic rings. The van der Waals surface area contributed by atoms with Gasteiger partial charge in [-0.25, -0.2) is 0 Å². The molecule has 0 saturated carbocycles. The van der Waals surface area contributed by atoms with Gasteiger partial charge >= 0.3 is 0 Å². The van der Waals surface area contributed by atoms with Gasteiger partial charge in [-0.3, -0.25) is 5.10 Å². The summed E-state index contributed by atoms with van der Waals surface area (Å²) >= 11 is 5.33. The Hall–Kier alpha value is -1.42. The average molecular weight is 259 g/mol. The van der Waals surface area contributed by atoms with Crippen molar-refractivity contribution < 1.29 is 0 Å². The van der Waals surface area contributed by atoms with E-state index in [1.165, 1.54) is 11.1 Å². The predicted octanol–water partition coefficient (Wildman–Crippen LogP) is 3.28. The second kappa shape index (κ2) is 4.35. The molecule has 1 aromatic carbocycles. The summed E-state index contributed by atoms with van der Waals surface area (Å²) in [6.45, 7) is 5.34. The number of fused-ring (bicyclic) bond motifs is 1. The van der Waals surface area contributed by atoms with Gasteiger partial charge in [0.2, 0.25) is 0 Å². The third-order valence-electron chi connectivity index (χ3n) is 3.50. The van der Waals surface area contributed by atoms with E-state index < -0.39 is 0 Å². The zero-order valence-electron chi connectivity index (χ0n) is 10.7. The van der Waals surface area contributed by atoms with E-state index in [1.807, 2.05) is 0 Å². The highest BCUT2D eigenvalue weighted by atomic mass is 32.1. The van der Waals surface area contributed by atoms with Crippen LogP contribution in [0, 0.1) is 10.7 Å². The van der Waals surface area contributed by atoms with Crippen molar-refractivity contribution in [3.05, 3.63) is 46.0 Å². The molecule has 1 atom stereocenters. The van der Waals surface area contributed by atoms with Crippen LogP contribution in [0.25, 0.3) is 0 Å². The van der Waals surface area contributed by atoms with Crippen molar-refractivity contribution in [1.82, 2.24) is 14.8 Å². The van der Waals surface area contributed by atoms with E-state index in [-0.39, 0.29) is 0 Å². The van der Waals surface area contributed by atoms with Crippen molar-refractivity contribution in [1.29, 1.82) is 0 Å². The second-order valence-corrected chi connectivity index (χ2v) is 5.73. The van der Waals surface area contributed by atoms with Crippen LogP contribution >= 0.6 is 12.2 Å². The quantitative estimate of drug-likeness (QED) is 0.858. The summed E-state index contributed by atoms with van der Waals surface area (Å²) < 4.78 is 2.89. The minimum Gasteiger partial charge on any atom is -0.303 e. The standard InChI is InChI=1S/C14H17N3S/c1-9(2)8-17-13(15-16-14(17)18)12-7-10-5-3-4-6-11(10)12/h3-6,9,12H,7-8H2,1-2H3,(H,16,18). The topological polar surface area (TPSA) is 33.6 Å². The minimum atomic E-state index is 0.410. The lowest BCUT2D eigenvalue weighted by atomic mass is 9.77. The molecule has 1 heterocycles. The zero-order chi connectivity index (χ0) is 12.7. The molecule has 0 amide bonds. The molecular formula is C14H17N3S. The molecule has 1 aromatic heterocycles. The first-order valence-corrected chi connectivity index (χ1v) is 6.80. The van der Waals surface area contributed by atoms with Gasteiger partial charge in [-0.2, -0.15) is 5.10 Å². The molecule has 0 aliphatic heterocycles. The van der Waals surface area contributed by atoms with Crippen molar-refractivity contribution in [2.75, 3.05) is 0 Å². The van der Waals surface area contributed by atoms with Crippen molar-refractivity contribution in [2.24, 2.45) is 5.92 Å². The van der Waals surface area contributed by atoms with E-state index in [0.29, 0.717) is 11.8 Å². The summed E-state index contributed by atoms with van der Waals surface area (Å²) in [6.07, 6.45) is 1.08. The van der Waals surface area contributed by atoms with Crippen LogP contribution in [-0.2, 0) is 13.0 Å². The monoisotopic (exact) mass is 259 g/mol. The fourth-order valence-corrected chi connectivity index (χ4v) is 2.84. The maximum Gasteiger partial charge on any atom is 0.195 e. The highest BCUT2D eigenvalue weighted by molar-refractivity contribution is 7.71. The van der Waals surface area contributed by atoms with Crippen LogP contribution in [0.1, 0.15) is 36.7 Å². The molecule has 18 heavy (non-hydrogen) atoms. The van der Waals surface area contributed by atoms with Crippen LogP contribution in [0.15, 0.2) is 24.3 Å². The third-order valence-corrected chi connectivity index (χ3v) is 3.81. The highest BCUT2D eigenvalue weighted by Gasteiger charge is 2.31. The number of rotatable bonds is 3. The first-order chi connectivity index (χ1) is 8.66. The van der Waals surface area contributed by atoms with Crippen molar-refractivity contribution in [3.8, 4) is 0 Å². The molecule has 4 heteroatoms. The largest absolute Gasteiger partial charge is 0.303 e. The first-order valence-electron chi connectivity index (χ1n) is 6.39. The van der Waals surface area contributed by atoms with Gasteiger partial charge in [-0.1, -0.05) is 38.1 Å². The van der Waals surface area contributed by atoms with Crippen LogP contribution in [0.2, 0.25) is 0 Å². The Morgan fingerprint density at radius 3 is 2.94 bits per heavy atom. The van der Waals surface area contributed by atoms with Crippen LogP contribution in [-0.4, -0.2) is 14.8 Å². The first kappa shape index (κ1) is 11.7. The van der Waals surface area contributed by atoms with Crippen LogP contribution in [0.5, 0.6) is 0 Å². The number of benzene rings is 1. The smallest absolute Gasteiger partial charge is 0.195 e. The van der Waals surface area contributed by atoms with Gasteiger partial charge in [-0.05, 0) is 35.7 Å². The van der Waals surface area contributed by atoms with Crippen LogP contribution in [0.4, 0.5) is 0 Å². The molecular weight excluding hydrogens is 242 g/mol. The Balaban J connectivity index is 1.98. The summed E-state index contributed by atoms with van der Waals surface area (Å²) in [5.74, 6) is 2.07. The summed E-state index contributed by atoms with van der Waals surface area (Å²) in [4.78, 5) is 0. The van der Waals surface area contributed by atoms with Gasteiger partial charge in [-0.15, -0.1) is 0 Å². The van der Waals surface area contributed by atoms with Gasteiger partial charge < -0.3 is 4.57 Å². The number of H-pyrrole nitrogens is 1. The third kappa shape index (κ3) is 1.81. The van der Waals surface area contributed by atoms with Crippen LogP contribution in [0.3, 0.4) is 0 Å². The molecule has 1 aliphatic rings. The Morgan fingerprint density at radius 1 is 1.44 bits per heavy atom. The molecule has 1 unspecified atom stereocenters. The van der Waals surface area contributed by atoms with E-state index in [2.05, 4.69) is 52.9 Å². The molecule has 0 spiro atoms. The maximum absolute atomic E-state index is 5.33. The van der Waals surface area contributed by atoms with E-state index >= 15 is 0 Å². The number of hydrogen-bond acceptors (Lipinski definition) is 2. The fourth-order valence-electron chi connectivity index (χ4n) is 2.63. The summed E-state index contributed by atoms with van der Waals surface area (Å²) in [5.41, 5.74) is 2.84. The number of nitrogens with one attached hydrogen (secondary N) is 1. The highest BCUT2D eigenvalue weighted by Crippen LogP contribution is 2.39. The van der Waals surface area contributed by atoms with E-state index in [4.69, 9.17) is 12.2 Å². The van der Waals surface area contributed by atoms with Gasteiger partial charge in [0.1, 0.15) is 5.82 Å². The average Bonchev–Trinajstić information content (AvgIpc) is 2.63. The van der Waals surface area contributed by atoms with Crippen molar-refractivity contribution >= 4 is 12.2 Å². The number of aromatic amines is 1. The molecule has 1 aliphatic carbocycles. The van der Waals surface area contributed by atoms with Crippen LogP contribution < -0.4 is 0 Å². The fraction of sp³-hybridized carbons (Fsp3) is 0.429. The van der Waals surface area contributed by atoms with Gasteiger partial charge in [0, 0.05) is 12.5 Å². The van der Waals surface area contributed by atoms with Crippen molar-refractivity contribution in [2.45, 2.75) is 32.7 Å². The maximum atomic E-state index is 5.33. The van der Waals surface area contributed by atoms with Crippen molar-refractivity contribution in [3.63, 3.8) is 0 Å². The van der Waals surface area contributed by atoms with Gasteiger partial charge in [0.05, 0.1) is 0 Å². The molecule has 1 N–H and O–H groups in total. The lowest BCUT2D eigenvalue weighted by molar-refractivity contribution is 0.485. The van der Waals surface area contributed by atoms with Gasteiger partial charge in [0.25, 0.3) is 0 Å². The Bertz CT molecular complexity index is 624. The summed E-state index contributed by atoms with van der Waals surface area (Å²) in [7, 11) is 0. The number of aromatic nitrogens is 3. The predicted molar refractivity (Wildman–Crippen MR) is 74.2 cm³/mol. The molecule has 3 rings (SSSR count). The molecule has 0 fully saturated rings. The molecule has 0 saturated heterocycles. The molecule has 0 bridgehead atoms. The SMILES string of the molecule is CC(C)Cn1c(C2Cc3ccccc32)n[nH]c1=S. The Morgan fingerprint density at radius 2 is 2.22 bits per heavy atom. The lowest BCUT2D eigenvalue weighted by Gasteiger charge is -2.29. The molecule has 3 nitrogen and oxygen atoms in total. The molecule has 0 radical (unpaired) electrons. The second-order valence-electron chi connectivity index (χ2n) is 5.35. The van der Waals surface area contributed by atoms with E-state index in [0.717, 1.165) is 23.6 Å². The number of nitrogens with zero attached hydrogens (tertiary/aromatic N) is 2. The summed E-state index contributed by atoms with van der Waals surface area (Å²) in [5, 5.41) is 7.37. The van der Waals surface area contributed by atoms with E-state index in [9.17, 15) is 0 Å². The Labute approximate surface area is 112 Å². The lowest BCUT2D eigenvalue weighted by Crippen LogP contribution is -2.23. The molecule has 94 valence electrons. The number of hydrogen-bond donors (Lipinski definition) is 1. The Kier molecular flexibility index (Phi) is 2.82. The summed E-state index contributed by atoms with van der Waals surface area (Å²) in [6, 6.07) is 8.58. The van der Waals surface area contributed by atoms with E-state index in [1.54, 1.807) is 0 Å². The minimum absolute atomic E-state index is 0.410. The zero-order valence-corrected chi connectivity index (χ0v) is 11.5.